The number of nitrogens with two attached hydrogens (primary N) is 2. The number of benzene rings is 1. The van der Waals surface area contributed by atoms with Crippen LogP contribution in [0.1, 0.15) is 114 Å². The second kappa shape index (κ2) is 19.6. The molecule has 1 aromatic carbocycles. The average molecular weight is 418 g/mol. The van der Waals surface area contributed by atoms with Crippen molar-refractivity contribution in [2.75, 3.05) is 6.54 Å². The zero-order valence-corrected chi connectivity index (χ0v) is 19.3. The lowest BCUT2D eigenvalue weighted by Gasteiger charge is -2.09. The molecule has 1 aromatic rings. The fraction of sp³-hybridized carbons (Fsp3) is 0.731. The Bertz CT molecular complexity index is 533. The van der Waals surface area contributed by atoms with E-state index >= 15 is 0 Å². The maximum atomic E-state index is 10.7. The van der Waals surface area contributed by atoms with Crippen molar-refractivity contribution < 1.29 is 4.79 Å². The van der Waals surface area contributed by atoms with Crippen LogP contribution in [0.5, 0.6) is 0 Å². The van der Waals surface area contributed by atoms with Gasteiger partial charge in [0, 0.05) is 19.5 Å². The summed E-state index contributed by atoms with van der Waals surface area (Å²) in [5, 5.41) is 3.56. The molecular weight excluding hydrogens is 370 g/mol. The second-order valence-corrected chi connectivity index (χ2v) is 8.67. The Morgan fingerprint density at radius 1 is 0.667 bits per heavy atom. The maximum Gasteiger partial charge on any atom is 0.217 e. The van der Waals surface area contributed by atoms with Gasteiger partial charge in [0.1, 0.15) is 0 Å². The number of carbonyl (C=O) groups excluding carboxylic acids is 1. The molecule has 0 aliphatic carbocycles. The minimum atomic E-state index is -0.160. The predicted octanol–water partition coefficient (Wildman–Crippen LogP) is 5.96. The average Bonchev–Trinajstić information content (AvgIpc) is 2.75. The highest BCUT2D eigenvalue weighted by Gasteiger charge is 1.99. The summed E-state index contributed by atoms with van der Waals surface area (Å²) in [5.41, 5.74) is 13.5. The van der Waals surface area contributed by atoms with Crippen molar-refractivity contribution in [1.82, 2.24) is 5.32 Å². The quantitative estimate of drug-likeness (QED) is 0.216. The maximum absolute atomic E-state index is 10.7. The van der Waals surface area contributed by atoms with Crippen LogP contribution in [0.25, 0.3) is 0 Å². The summed E-state index contributed by atoms with van der Waals surface area (Å²) in [6.45, 7) is 2.66. The van der Waals surface area contributed by atoms with Crippen LogP contribution in [-0.4, -0.2) is 12.5 Å². The Balaban J connectivity index is 1.75. The number of amides is 1. The number of rotatable bonds is 21. The Morgan fingerprint density at radius 3 is 1.57 bits per heavy atom. The SMILES string of the molecule is NCc1ccccc1CNCCCCCCCCCCCCCCCCCC(N)=O. The highest BCUT2D eigenvalue weighted by molar-refractivity contribution is 5.73. The van der Waals surface area contributed by atoms with E-state index in [1.807, 2.05) is 0 Å². The summed E-state index contributed by atoms with van der Waals surface area (Å²) in [7, 11) is 0. The Hall–Kier alpha value is -1.39. The first-order valence-electron chi connectivity index (χ1n) is 12.5. The van der Waals surface area contributed by atoms with Crippen molar-refractivity contribution in [3.05, 3.63) is 35.4 Å². The fourth-order valence-electron chi connectivity index (χ4n) is 4.00. The van der Waals surface area contributed by atoms with Crippen LogP contribution in [0, 0.1) is 0 Å². The minimum absolute atomic E-state index is 0.160. The van der Waals surface area contributed by atoms with Crippen LogP contribution >= 0.6 is 0 Å². The number of carbonyl (C=O) groups is 1. The van der Waals surface area contributed by atoms with Gasteiger partial charge in [-0.2, -0.15) is 0 Å². The highest BCUT2D eigenvalue weighted by Crippen LogP contribution is 2.14. The van der Waals surface area contributed by atoms with E-state index in [-0.39, 0.29) is 5.91 Å². The summed E-state index contributed by atoms with van der Waals surface area (Å²) < 4.78 is 0. The van der Waals surface area contributed by atoms with Gasteiger partial charge in [-0.25, -0.2) is 0 Å². The van der Waals surface area contributed by atoms with E-state index in [4.69, 9.17) is 11.5 Å². The van der Waals surface area contributed by atoms with Crippen LogP contribution in [0.3, 0.4) is 0 Å². The molecular formula is C26H47N3O. The van der Waals surface area contributed by atoms with E-state index in [0.29, 0.717) is 13.0 Å². The van der Waals surface area contributed by atoms with Crippen molar-refractivity contribution in [3.8, 4) is 0 Å². The first kappa shape index (κ1) is 26.6. The molecule has 1 amide bonds. The number of primary amides is 1. The molecule has 0 saturated heterocycles. The fourth-order valence-corrected chi connectivity index (χ4v) is 4.00. The molecule has 0 heterocycles. The van der Waals surface area contributed by atoms with E-state index in [1.54, 1.807) is 0 Å². The van der Waals surface area contributed by atoms with Gasteiger partial charge in [0.2, 0.25) is 5.91 Å². The first-order chi connectivity index (χ1) is 14.7. The predicted molar refractivity (Wildman–Crippen MR) is 129 cm³/mol. The zero-order valence-electron chi connectivity index (χ0n) is 19.3. The number of nitrogens with one attached hydrogen (secondary N) is 1. The van der Waals surface area contributed by atoms with Crippen molar-refractivity contribution in [2.45, 2.75) is 116 Å². The van der Waals surface area contributed by atoms with Crippen molar-refractivity contribution in [1.29, 1.82) is 0 Å². The smallest absolute Gasteiger partial charge is 0.217 e. The molecule has 0 radical (unpaired) electrons. The van der Waals surface area contributed by atoms with E-state index < -0.39 is 0 Å². The zero-order chi connectivity index (χ0) is 21.7. The van der Waals surface area contributed by atoms with Crippen LogP contribution in [-0.2, 0) is 17.9 Å². The van der Waals surface area contributed by atoms with Crippen molar-refractivity contribution in [2.24, 2.45) is 11.5 Å². The van der Waals surface area contributed by atoms with Gasteiger partial charge in [-0.05, 0) is 30.5 Å². The lowest BCUT2D eigenvalue weighted by molar-refractivity contribution is -0.118. The molecule has 0 fully saturated rings. The Labute approximate surface area is 185 Å². The van der Waals surface area contributed by atoms with E-state index in [9.17, 15) is 4.79 Å². The minimum Gasteiger partial charge on any atom is -0.370 e. The summed E-state index contributed by atoms with van der Waals surface area (Å²) in [6.07, 6.45) is 20.3. The molecule has 4 heteroatoms. The monoisotopic (exact) mass is 417 g/mol. The Morgan fingerprint density at radius 2 is 1.10 bits per heavy atom. The first-order valence-corrected chi connectivity index (χ1v) is 12.5. The summed E-state index contributed by atoms with van der Waals surface area (Å²) in [5.74, 6) is -0.160. The molecule has 4 nitrogen and oxygen atoms in total. The molecule has 172 valence electrons. The van der Waals surface area contributed by atoms with Crippen LogP contribution in [0.2, 0.25) is 0 Å². The molecule has 5 N–H and O–H groups in total. The largest absolute Gasteiger partial charge is 0.370 e. The summed E-state index contributed by atoms with van der Waals surface area (Å²) >= 11 is 0. The molecule has 1 rings (SSSR count). The van der Waals surface area contributed by atoms with Gasteiger partial charge in [0.05, 0.1) is 0 Å². The second-order valence-electron chi connectivity index (χ2n) is 8.67. The number of hydrogen-bond acceptors (Lipinski definition) is 3. The Kier molecular flexibility index (Phi) is 17.4. The van der Waals surface area contributed by atoms with Crippen molar-refractivity contribution >= 4 is 5.91 Å². The van der Waals surface area contributed by atoms with Crippen molar-refractivity contribution in [3.63, 3.8) is 0 Å². The number of hydrogen-bond donors (Lipinski definition) is 3. The third-order valence-electron chi connectivity index (χ3n) is 5.93. The third kappa shape index (κ3) is 15.4. The molecule has 0 spiro atoms. The van der Waals surface area contributed by atoms with Gasteiger partial charge in [0.25, 0.3) is 0 Å². The van der Waals surface area contributed by atoms with Crippen LogP contribution in [0.15, 0.2) is 24.3 Å². The van der Waals surface area contributed by atoms with Gasteiger partial charge in [0.15, 0.2) is 0 Å². The van der Waals surface area contributed by atoms with Gasteiger partial charge >= 0.3 is 0 Å². The molecule has 0 aliphatic heterocycles. The van der Waals surface area contributed by atoms with Crippen LogP contribution in [0.4, 0.5) is 0 Å². The molecule has 0 bridgehead atoms. The summed E-state index contributed by atoms with van der Waals surface area (Å²) in [6, 6.07) is 8.44. The van der Waals surface area contributed by atoms with Gasteiger partial charge in [-0.3, -0.25) is 4.79 Å². The lowest BCUT2D eigenvalue weighted by Crippen LogP contribution is -2.16. The number of unbranched alkanes of at least 4 members (excludes halogenated alkanes) is 14. The normalized spacial score (nSPS) is 11.1. The van der Waals surface area contributed by atoms with Gasteiger partial charge in [-0.1, -0.05) is 108 Å². The van der Waals surface area contributed by atoms with Gasteiger partial charge < -0.3 is 16.8 Å². The third-order valence-corrected chi connectivity index (χ3v) is 5.93. The topological polar surface area (TPSA) is 81.1 Å². The van der Waals surface area contributed by atoms with E-state index in [2.05, 4.69) is 29.6 Å². The molecule has 0 aliphatic rings. The standard InChI is InChI=1S/C26H47N3O/c27-22-24-18-15-16-19-25(24)23-29-21-17-13-11-9-7-5-3-1-2-4-6-8-10-12-14-20-26(28)30/h15-16,18-19,29H,1-14,17,20-23,27H2,(H2,28,30). The lowest BCUT2D eigenvalue weighted by atomic mass is 10.0. The van der Waals surface area contributed by atoms with E-state index in [1.165, 1.54) is 94.6 Å². The molecule has 0 unspecified atom stereocenters. The molecule has 0 aromatic heterocycles. The molecule has 0 atom stereocenters. The van der Waals surface area contributed by atoms with Gasteiger partial charge in [-0.15, -0.1) is 0 Å². The molecule has 30 heavy (non-hydrogen) atoms. The highest BCUT2D eigenvalue weighted by atomic mass is 16.1. The van der Waals surface area contributed by atoms with Crippen LogP contribution < -0.4 is 16.8 Å². The summed E-state index contributed by atoms with van der Waals surface area (Å²) in [4.78, 5) is 10.7. The molecule has 0 saturated carbocycles. The van der Waals surface area contributed by atoms with E-state index in [0.717, 1.165) is 25.9 Å².